The summed E-state index contributed by atoms with van der Waals surface area (Å²) in [6.45, 7) is 21.9. The van der Waals surface area contributed by atoms with E-state index in [2.05, 4.69) is 63.8 Å². The quantitative estimate of drug-likeness (QED) is 0.0452. The fourth-order valence-electron chi connectivity index (χ4n) is 8.63. The van der Waals surface area contributed by atoms with Crippen LogP contribution in [0.3, 0.4) is 0 Å². The lowest BCUT2D eigenvalue weighted by Gasteiger charge is -2.32. The van der Waals surface area contributed by atoms with Gasteiger partial charge in [0.05, 0.1) is 69.2 Å². The fraction of sp³-hybridized carbons (Fsp3) is 0.679. The van der Waals surface area contributed by atoms with Crippen LogP contribution in [0.1, 0.15) is 127 Å². The Kier molecular flexibility index (Phi) is 33.4. The number of nitrogens with zero attached hydrogens (tertiary/aromatic N) is 2. The maximum absolute atomic E-state index is 14.3. The van der Waals surface area contributed by atoms with E-state index in [4.69, 9.17) is 61.1 Å². The Bertz CT molecular complexity index is 2680. The molecule has 1 aliphatic heterocycles. The summed E-state index contributed by atoms with van der Waals surface area (Å²) in [4.78, 5) is 110. The van der Waals surface area contributed by atoms with Crippen molar-refractivity contribution in [3.63, 3.8) is 0 Å². The molecule has 0 spiro atoms. The Morgan fingerprint density at radius 2 is 1.32 bits per heavy atom. The van der Waals surface area contributed by atoms with E-state index < -0.39 is 125 Å². The molecular weight excluding hydrogens is 1250 g/mol. The summed E-state index contributed by atoms with van der Waals surface area (Å²) < 4.78 is 3.26. The van der Waals surface area contributed by atoms with E-state index in [9.17, 15) is 48.6 Å². The third-order valence-electron chi connectivity index (χ3n) is 14.0. The molecule has 87 heavy (non-hydrogen) atoms. The third kappa shape index (κ3) is 25.8. The highest BCUT2D eigenvalue weighted by Crippen LogP contribution is 2.19. The number of imidazole rings is 1. The largest absolute Gasteiger partial charge is 0.382 e. The molecule has 14 atom stereocenters. The van der Waals surface area contributed by atoms with E-state index in [0.29, 0.717) is 38.5 Å². The SMILES string of the molecule is CCC(C)C1NC(=O)C(NC(=O)C(C)NC(=S)C(C)NC(=S)C(C)NC(=S)C(C)NC(=S)C(CCSC)NC(=S)C(NC(=O)C(C)(O)CC(C)=O)C(C)C)CSC=CNC(=O)C(C(O)c2c[n+](C)cn2C)NC(=O)C(CC(C)C)NC(=O)C(C)NC1=O. The van der Waals surface area contributed by atoms with Crippen molar-refractivity contribution in [1.82, 2.24) is 68.4 Å². The summed E-state index contributed by atoms with van der Waals surface area (Å²) >= 11 is 31.6. The lowest BCUT2D eigenvalue weighted by Crippen LogP contribution is -2.61. The number of amides is 7. The van der Waals surface area contributed by atoms with Gasteiger partial charge in [0.2, 0.25) is 41.8 Å². The average Bonchev–Trinajstić information content (AvgIpc) is 2.68. The van der Waals surface area contributed by atoms with Crippen molar-refractivity contribution in [2.45, 2.75) is 194 Å². The lowest BCUT2D eigenvalue weighted by molar-refractivity contribution is -0.671. The molecule has 1 aliphatic rings. The zero-order valence-electron chi connectivity index (χ0n) is 52.6. The van der Waals surface area contributed by atoms with Crippen molar-refractivity contribution in [3.05, 3.63) is 29.8 Å². The van der Waals surface area contributed by atoms with Crippen LogP contribution in [0.5, 0.6) is 0 Å². The molecule has 31 heteroatoms. The highest BCUT2D eigenvalue weighted by atomic mass is 32.2. The summed E-state index contributed by atoms with van der Waals surface area (Å²) in [6, 6.07) is -10.1. The zero-order chi connectivity index (χ0) is 66.4. The van der Waals surface area contributed by atoms with Gasteiger partial charge in [0.25, 0.3) is 5.91 Å². The maximum atomic E-state index is 14.3. The molecule has 0 bridgehead atoms. The van der Waals surface area contributed by atoms with Crippen LogP contribution in [-0.4, -0.2) is 177 Å². The highest BCUT2D eigenvalue weighted by molar-refractivity contribution is 8.02. The molecule has 24 nitrogen and oxygen atoms in total. The molecule has 1 aromatic rings. The van der Waals surface area contributed by atoms with Gasteiger partial charge in [-0.25, -0.2) is 9.13 Å². The van der Waals surface area contributed by atoms with Gasteiger partial charge in [-0.2, -0.15) is 11.8 Å². The molecule has 0 aromatic carbocycles. The van der Waals surface area contributed by atoms with Gasteiger partial charge in [-0.05, 0) is 96.5 Å². The summed E-state index contributed by atoms with van der Waals surface area (Å²) in [5, 5.41) is 58.7. The van der Waals surface area contributed by atoms with Gasteiger partial charge in [-0.3, -0.25) is 38.4 Å². The van der Waals surface area contributed by atoms with Crippen molar-refractivity contribution >= 4 is 157 Å². The number of aliphatic hydroxyl groups excluding tert-OH is 1. The van der Waals surface area contributed by atoms with E-state index in [1.807, 2.05) is 47.8 Å². The smallest absolute Gasteiger partial charge is 0.252 e. The number of hydrogen-bond acceptors (Lipinski definition) is 17. The van der Waals surface area contributed by atoms with Gasteiger partial charge in [-0.1, -0.05) is 109 Å². The molecule has 14 N–H and O–H groups in total. The molecule has 0 saturated heterocycles. The fourth-order valence-corrected chi connectivity index (χ4v) is 11.3. The normalized spacial score (nSPS) is 21.7. The first-order valence-corrected chi connectivity index (χ1v) is 33.3. The molecule has 0 radical (unpaired) electrons. The van der Waals surface area contributed by atoms with Gasteiger partial charge in [0.1, 0.15) is 59.9 Å². The standard InChI is InChI=1S/C56H92N14O10S7/c1-17-29(6)41-49(78)58-31(8)44(73)63-37(22-27(2)3)46(75)67-42(43(72)39-24-69(14)26-70(39)15)48(77)57-19-21-87-25-38(47(76)66-41)64-45(74)32(9)59-50(81)33(10)60-51(82)34(11)61-52(83)35(12)62-53(84)36(18-20-86-16)65-54(85)40(28(4)5)68-55(79)56(13,80)23-30(7)71/h19,21,24,26-29,31-38,40-43,72,80H,17-18,20,22-23,25H2,1-16H3,(H11-,57,58,59,60,61,62,63,64,65,66,67,68,73,74,75,76,77,78,79,81,82,83,84,85)/p+1. The van der Waals surface area contributed by atoms with E-state index in [0.717, 1.165) is 17.5 Å². The molecule has 0 fully saturated rings. The van der Waals surface area contributed by atoms with E-state index >= 15 is 0 Å². The Hall–Kier alpha value is -5.02. The molecule has 7 amide bonds. The number of Topliss-reactive ketones (excluding diaryl/α,β-unsaturated/α-hetero) is 1. The van der Waals surface area contributed by atoms with Crippen LogP contribution >= 0.6 is 84.6 Å². The van der Waals surface area contributed by atoms with E-state index in [-0.39, 0.29) is 41.2 Å². The molecular formula is C56H93N14O10S7+. The first kappa shape index (κ1) is 78.1. The minimum Gasteiger partial charge on any atom is -0.382 e. The average molecular weight is 1350 g/mol. The number of thioether (sulfide) groups is 2. The molecule has 2 heterocycles. The first-order valence-electron chi connectivity index (χ1n) is 28.8. The summed E-state index contributed by atoms with van der Waals surface area (Å²) in [7, 11) is 3.39. The van der Waals surface area contributed by atoms with Crippen molar-refractivity contribution in [1.29, 1.82) is 0 Å². The molecule has 0 aliphatic carbocycles. The Morgan fingerprint density at radius 1 is 0.770 bits per heavy atom. The Balaban J connectivity index is 2.26. The number of thiocarbonyl (C=S) groups is 5. The van der Waals surface area contributed by atoms with E-state index in [1.54, 1.807) is 75.2 Å². The summed E-state index contributed by atoms with van der Waals surface area (Å²) in [5.74, 6) is -5.48. The topological polar surface area (TPSA) is 330 Å². The van der Waals surface area contributed by atoms with Crippen molar-refractivity contribution in [2.24, 2.45) is 31.8 Å². The zero-order valence-corrected chi connectivity index (χ0v) is 58.3. The number of ketones is 1. The Labute approximate surface area is 547 Å². The van der Waals surface area contributed by atoms with Gasteiger partial charge in [0, 0.05) is 18.4 Å². The number of carbonyl (C=O) groups excluding carboxylic acids is 8. The predicted molar refractivity (Wildman–Crippen MR) is 362 cm³/mol. The van der Waals surface area contributed by atoms with Gasteiger partial charge >= 0.3 is 0 Å². The number of hydrogen-bond donors (Lipinski definition) is 14. The van der Waals surface area contributed by atoms with Crippen LogP contribution in [0, 0.1) is 17.8 Å². The molecule has 1 aromatic heterocycles. The monoisotopic (exact) mass is 1350 g/mol. The molecule has 2 rings (SSSR count). The number of nitrogens with one attached hydrogen (secondary N) is 12. The highest BCUT2D eigenvalue weighted by Gasteiger charge is 2.39. The van der Waals surface area contributed by atoms with Crippen LogP contribution in [0.4, 0.5) is 0 Å². The molecule has 14 unspecified atom stereocenters. The van der Waals surface area contributed by atoms with E-state index in [1.165, 1.54) is 32.4 Å². The number of carbonyl (C=O) groups is 8. The third-order valence-corrected chi connectivity index (χ3v) is 17.7. The number of aliphatic hydroxyl groups is 2. The van der Waals surface area contributed by atoms with Gasteiger partial charge in [-0.15, -0.1) is 11.8 Å². The minimum absolute atomic E-state index is 0.104. The number of rotatable bonds is 26. The maximum Gasteiger partial charge on any atom is 0.252 e. The second kappa shape index (κ2) is 37.2. The second-order valence-corrected chi connectivity index (χ2v) is 27.1. The van der Waals surface area contributed by atoms with Crippen molar-refractivity contribution in [2.75, 3.05) is 17.8 Å². The van der Waals surface area contributed by atoms with Crippen LogP contribution < -0.4 is 68.4 Å². The van der Waals surface area contributed by atoms with Gasteiger partial charge in [0.15, 0.2) is 5.69 Å². The van der Waals surface area contributed by atoms with Crippen LogP contribution in [0.15, 0.2) is 24.1 Å². The van der Waals surface area contributed by atoms with Crippen LogP contribution in [-0.2, 0) is 52.5 Å². The molecule has 0 saturated carbocycles. The lowest BCUT2D eigenvalue weighted by atomic mass is 9.96. The molecule has 488 valence electrons. The first-order chi connectivity index (χ1) is 40.5. The minimum atomic E-state index is -1.92. The number of aromatic nitrogens is 2. The summed E-state index contributed by atoms with van der Waals surface area (Å²) in [5.41, 5.74) is -1.62. The second-order valence-electron chi connectivity index (χ2n) is 23.0. The van der Waals surface area contributed by atoms with Crippen molar-refractivity contribution in [3.8, 4) is 0 Å². The van der Waals surface area contributed by atoms with Crippen molar-refractivity contribution < 1.29 is 53.1 Å². The predicted octanol–water partition coefficient (Wildman–Crippen LogP) is 0.885. The van der Waals surface area contributed by atoms with Crippen LogP contribution in [0.2, 0.25) is 0 Å². The number of aryl methyl sites for hydroxylation is 2. The van der Waals surface area contributed by atoms with Gasteiger partial charge < -0.3 is 74.0 Å². The Morgan fingerprint density at radius 3 is 1.83 bits per heavy atom. The van der Waals surface area contributed by atoms with Crippen LogP contribution in [0.25, 0.3) is 0 Å². The summed E-state index contributed by atoms with van der Waals surface area (Å²) in [6.07, 6.45) is 5.74.